The number of hydrogen-bond donors (Lipinski definition) is 1. The van der Waals surface area contributed by atoms with E-state index in [4.69, 9.17) is 4.42 Å². The summed E-state index contributed by atoms with van der Waals surface area (Å²) in [6.07, 6.45) is 5.60. The van der Waals surface area contributed by atoms with Crippen LogP contribution in [0.15, 0.2) is 42.1 Å². The largest absolute Gasteiger partial charge is 0.468 e. The molecule has 1 aromatic rings. The molecule has 0 radical (unpaired) electrons. The third-order valence-corrected chi connectivity index (χ3v) is 2.84. The van der Waals surface area contributed by atoms with Gasteiger partial charge in [0.15, 0.2) is 0 Å². The first kappa shape index (κ1) is 15.7. The molecule has 0 aliphatic carbocycles. The average molecular weight is 262 g/mol. The summed E-state index contributed by atoms with van der Waals surface area (Å²) in [4.78, 5) is 2.27. The molecule has 1 aromatic heterocycles. The van der Waals surface area contributed by atoms with Crippen LogP contribution in [0, 0.1) is 5.92 Å². The van der Waals surface area contributed by atoms with Gasteiger partial charge in [-0.25, -0.2) is 0 Å². The summed E-state index contributed by atoms with van der Waals surface area (Å²) in [5.74, 6) is 1.68. The van der Waals surface area contributed by atoms with Gasteiger partial charge in [-0.05, 0) is 18.5 Å². The molecular formula is C16H26N2O. The Morgan fingerprint density at radius 1 is 1.32 bits per heavy atom. The lowest BCUT2D eigenvalue weighted by atomic mass is 10.2. The van der Waals surface area contributed by atoms with Crippen LogP contribution in [0.3, 0.4) is 0 Å². The van der Waals surface area contributed by atoms with Crippen molar-refractivity contribution in [3.63, 3.8) is 0 Å². The van der Waals surface area contributed by atoms with E-state index in [2.05, 4.69) is 37.2 Å². The maximum Gasteiger partial charge on any atom is 0.122 e. The fraction of sp³-hybridized carbons (Fsp3) is 0.500. The average Bonchev–Trinajstić information content (AvgIpc) is 2.77. The van der Waals surface area contributed by atoms with Crippen LogP contribution in [0.1, 0.15) is 25.2 Å². The van der Waals surface area contributed by atoms with Crippen molar-refractivity contribution in [2.24, 2.45) is 5.92 Å². The van der Waals surface area contributed by atoms with E-state index in [-0.39, 0.29) is 0 Å². The zero-order valence-corrected chi connectivity index (χ0v) is 12.2. The normalized spacial score (nSPS) is 11.2. The van der Waals surface area contributed by atoms with Gasteiger partial charge < -0.3 is 9.73 Å². The van der Waals surface area contributed by atoms with Crippen molar-refractivity contribution in [1.29, 1.82) is 0 Å². The summed E-state index contributed by atoms with van der Waals surface area (Å²) < 4.78 is 5.56. The van der Waals surface area contributed by atoms with Crippen LogP contribution >= 0.6 is 0 Å². The van der Waals surface area contributed by atoms with Gasteiger partial charge >= 0.3 is 0 Å². The van der Waals surface area contributed by atoms with Crippen molar-refractivity contribution in [3.05, 3.63) is 49.0 Å². The fourth-order valence-electron chi connectivity index (χ4n) is 1.95. The molecule has 3 nitrogen and oxygen atoms in total. The second-order valence-electron chi connectivity index (χ2n) is 5.17. The number of nitrogens with one attached hydrogen (secondary N) is 1. The predicted molar refractivity (Wildman–Crippen MR) is 80.9 cm³/mol. The number of hydrogen-bond acceptors (Lipinski definition) is 3. The van der Waals surface area contributed by atoms with Crippen LogP contribution in [-0.2, 0) is 13.1 Å². The first-order chi connectivity index (χ1) is 9.17. The van der Waals surface area contributed by atoms with E-state index in [0.29, 0.717) is 5.92 Å². The van der Waals surface area contributed by atoms with Gasteiger partial charge in [0.1, 0.15) is 5.76 Å². The first-order valence-electron chi connectivity index (χ1n) is 6.87. The predicted octanol–water partition coefficient (Wildman–Crippen LogP) is 3.20. The minimum atomic E-state index is 0.649. The molecular weight excluding hydrogens is 236 g/mol. The first-order valence-corrected chi connectivity index (χ1v) is 6.87. The molecule has 1 N–H and O–H groups in total. The summed E-state index contributed by atoms with van der Waals surface area (Å²) in [5.41, 5.74) is 1.24. The Labute approximate surface area is 117 Å². The Morgan fingerprint density at radius 2 is 2.00 bits per heavy atom. The number of nitrogens with zero attached hydrogens (tertiary/aromatic N) is 1. The highest BCUT2D eigenvalue weighted by molar-refractivity contribution is 5.17. The molecule has 106 valence electrons. The van der Waals surface area contributed by atoms with Crippen LogP contribution in [-0.4, -0.2) is 24.5 Å². The summed E-state index contributed by atoms with van der Waals surface area (Å²) in [6.45, 7) is 16.4. The lowest BCUT2D eigenvalue weighted by molar-refractivity contribution is 0.322. The van der Waals surface area contributed by atoms with Gasteiger partial charge in [-0.2, -0.15) is 0 Å². The maximum absolute atomic E-state index is 5.56. The molecule has 0 saturated heterocycles. The third-order valence-electron chi connectivity index (χ3n) is 2.84. The van der Waals surface area contributed by atoms with Crippen LogP contribution in [0.2, 0.25) is 0 Å². The van der Waals surface area contributed by atoms with Gasteiger partial charge in [0.25, 0.3) is 0 Å². The van der Waals surface area contributed by atoms with Crippen molar-refractivity contribution in [1.82, 2.24) is 10.2 Å². The lowest BCUT2D eigenvalue weighted by Crippen LogP contribution is -2.24. The van der Waals surface area contributed by atoms with E-state index in [0.717, 1.165) is 38.5 Å². The molecule has 0 atom stereocenters. The van der Waals surface area contributed by atoms with Gasteiger partial charge in [-0.15, -0.1) is 13.2 Å². The van der Waals surface area contributed by atoms with E-state index in [9.17, 15) is 0 Å². The number of rotatable bonds is 10. The van der Waals surface area contributed by atoms with Crippen molar-refractivity contribution < 1.29 is 4.42 Å². The fourth-order valence-corrected chi connectivity index (χ4v) is 1.95. The minimum absolute atomic E-state index is 0.649. The van der Waals surface area contributed by atoms with E-state index in [1.54, 1.807) is 6.26 Å². The van der Waals surface area contributed by atoms with E-state index in [1.807, 2.05) is 18.2 Å². The van der Waals surface area contributed by atoms with Gasteiger partial charge in [0, 0.05) is 25.2 Å². The summed E-state index contributed by atoms with van der Waals surface area (Å²) in [7, 11) is 0. The van der Waals surface area contributed by atoms with Gasteiger partial charge in [0.05, 0.1) is 12.8 Å². The zero-order chi connectivity index (χ0) is 14.1. The molecule has 0 saturated carbocycles. The second kappa shape index (κ2) is 8.73. The van der Waals surface area contributed by atoms with E-state index < -0.39 is 0 Å². The van der Waals surface area contributed by atoms with Crippen LogP contribution in [0.4, 0.5) is 0 Å². The zero-order valence-electron chi connectivity index (χ0n) is 12.2. The monoisotopic (exact) mass is 262 g/mol. The Kier molecular flexibility index (Phi) is 7.23. The molecule has 19 heavy (non-hydrogen) atoms. The molecule has 1 rings (SSSR count). The summed E-state index contributed by atoms with van der Waals surface area (Å²) in [6, 6.07) is 2.05. The Morgan fingerprint density at radius 3 is 2.58 bits per heavy atom. The second-order valence-corrected chi connectivity index (χ2v) is 5.17. The molecule has 0 aliphatic heterocycles. The van der Waals surface area contributed by atoms with E-state index >= 15 is 0 Å². The molecule has 0 aromatic carbocycles. The van der Waals surface area contributed by atoms with E-state index in [1.165, 1.54) is 5.56 Å². The molecule has 0 unspecified atom stereocenters. The Balaban J connectivity index is 2.54. The topological polar surface area (TPSA) is 28.4 Å². The molecule has 3 heteroatoms. The molecule has 0 fully saturated rings. The van der Waals surface area contributed by atoms with Crippen molar-refractivity contribution in [2.75, 3.05) is 19.6 Å². The van der Waals surface area contributed by atoms with Gasteiger partial charge in [-0.3, -0.25) is 4.90 Å². The Bertz CT molecular complexity index is 372. The maximum atomic E-state index is 5.56. The highest BCUT2D eigenvalue weighted by Gasteiger charge is 2.10. The standard InChI is InChI=1S/C16H26N2O/c1-5-8-18(9-6-2)13-15-7-10-19-16(15)12-17-11-14(3)4/h5-7,10,14,17H,1-2,8-9,11-13H2,3-4H3. The Hall–Kier alpha value is -1.32. The van der Waals surface area contributed by atoms with Gasteiger partial charge in [-0.1, -0.05) is 26.0 Å². The smallest absolute Gasteiger partial charge is 0.122 e. The van der Waals surface area contributed by atoms with Crippen molar-refractivity contribution in [3.8, 4) is 0 Å². The number of furan rings is 1. The molecule has 0 bridgehead atoms. The quantitative estimate of drug-likeness (QED) is 0.656. The van der Waals surface area contributed by atoms with Crippen LogP contribution < -0.4 is 5.32 Å². The van der Waals surface area contributed by atoms with Gasteiger partial charge in [0.2, 0.25) is 0 Å². The van der Waals surface area contributed by atoms with Crippen molar-refractivity contribution in [2.45, 2.75) is 26.9 Å². The van der Waals surface area contributed by atoms with Crippen molar-refractivity contribution >= 4 is 0 Å². The summed E-state index contributed by atoms with van der Waals surface area (Å²) in [5, 5.41) is 3.41. The SMILES string of the molecule is C=CCN(CC=C)Cc1ccoc1CNCC(C)C. The molecule has 0 aliphatic rings. The minimum Gasteiger partial charge on any atom is -0.468 e. The highest BCUT2D eigenvalue weighted by atomic mass is 16.3. The summed E-state index contributed by atoms with van der Waals surface area (Å²) >= 11 is 0. The lowest BCUT2D eigenvalue weighted by Gasteiger charge is -2.18. The van der Waals surface area contributed by atoms with Crippen LogP contribution in [0.5, 0.6) is 0 Å². The van der Waals surface area contributed by atoms with Crippen LogP contribution in [0.25, 0.3) is 0 Å². The highest BCUT2D eigenvalue weighted by Crippen LogP contribution is 2.13. The molecule has 0 amide bonds. The molecule has 0 spiro atoms. The third kappa shape index (κ3) is 5.90. The molecule has 1 heterocycles.